The molecule has 1 aliphatic heterocycles. The van der Waals surface area contributed by atoms with Crippen LogP contribution in [-0.4, -0.2) is 23.3 Å². The molecule has 0 saturated heterocycles. The number of rotatable bonds is 4. The van der Waals surface area contributed by atoms with E-state index < -0.39 is 6.04 Å². The van der Waals surface area contributed by atoms with E-state index in [1.807, 2.05) is 24.3 Å². The van der Waals surface area contributed by atoms with Gasteiger partial charge in [-0.25, -0.2) is 4.39 Å². The van der Waals surface area contributed by atoms with Gasteiger partial charge in [0.25, 0.3) is 0 Å². The SMILES string of the molecule is O=C(NCc1cccc(F)c1)[C@@H]1c2ccccc2CCN1C(=O)C1CC1. The zero-order valence-electron chi connectivity index (χ0n) is 14.5. The molecule has 0 unspecified atom stereocenters. The average molecular weight is 352 g/mol. The second-order valence-corrected chi connectivity index (χ2v) is 7.00. The van der Waals surface area contributed by atoms with Gasteiger partial charge in [-0.2, -0.15) is 0 Å². The molecule has 0 spiro atoms. The first kappa shape index (κ1) is 16.8. The Kier molecular flexibility index (Phi) is 4.45. The molecular formula is C21H21FN2O2. The highest BCUT2D eigenvalue weighted by Gasteiger charge is 2.41. The van der Waals surface area contributed by atoms with Gasteiger partial charge in [0.05, 0.1) is 0 Å². The zero-order chi connectivity index (χ0) is 18.1. The number of amides is 2. The first-order valence-corrected chi connectivity index (χ1v) is 9.04. The van der Waals surface area contributed by atoms with Crippen LogP contribution in [0.15, 0.2) is 48.5 Å². The lowest BCUT2D eigenvalue weighted by atomic mass is 9.91. The topological polar surface area (TPSA) is 49.4 Å². The maximum atomic E-state index is 13.3. The van der Waals surface area contributed by atoms with Gasteiger partial charge in [0.2, 0.25) is 11.8 Å². The largest absolute Gasteiger partial charge is 0.350 e. The molecule has 1 heterocycles. The quantitative estimate of drug-likeness (QED) is 0.920. The number of benzene rings is 2. The second kappa shape index (κ2) is 6.90. The van der Waals surface area contributed by atoms with Crippen molar-refractivity contribution in [1.29, 1.82) is 0 Å². The highest BCUT2D eigenvalue weighted by molar-refractivity contribution is 5.91. The first-order chi connectivity index (χ1) is 12.6. The molecule has 2 aromatic carbocycles. The molecule has 26 heavy (non-hydrogen) atoms. The molecule has 1 fully saturated rings. The molecule has 1 atom stereocenters. The van der Waals surface area contributed by atoms with Crippen LogP contribution >= 0.6 is 0 Å². The van der Waals surface area contributed by atoms with Crippen molar-refractivity contribution in [2.24, 2.45) is 5.92 Å². The molecule has 0 radical (unpaired) electrons. The molecule has 134 valence electrons. The fourth-order valence-corrected chi connectivity index (χ4v) is 3.58. The summed E-state index contributed by atoms with van der Waals surface area (Å²) >= 11 is 0. The number of carbonyl (C=O) groups excluding carboxylic acids is 2. The molecule has 4 rings (SSSR count). The smallest absolute Gasteiger partial charge is 0.247 e. The monoisotopic (exact) mass is 352 g/mol. The Morgan fingerprint density at radius 1 is 1.12 bits per heavy atom. The van der Waals surface area contributed by atoms with Gasteiger partial charge in [-0.1, -0.05) is 36.4 Å². The van der Waals surface area contributed by atoms with E-state index in [1.54, 1.807) is 17.0 Å². The van der Waals surface area contributed by atoms with Crippen molar-refractivity contribution < 1.29 is 14.0 Å². The van der Waals surface area contributed by atoms with Gasteiger partial charge in [0, 0.05) is 19.0 Å². The number of hydrogen-bond acceptors (Lipinski definition) is 2. The van der Waals surface area contributed by atoms with E-state index in [1.165, 1.54) is 12.1 Å². The number of fused-ring (bicyclic) bond motifs is 1. The summed E-state index contributed by atoms with van der Waals surface area (Å²) in [6, 6.07) is 13.4. The van der Waals surface area contributed by atoms with E-state index in [4.69, 9.17) is 0 Å². The fraction of sp³-hybridized carbons (Fsp3) is 0.333. The average Bonchev–Trinajstić information content (AvgIpc) is 3.50. The lowest BCUT2D eigenvalue weighted by Gasteiger charge is -2.36. The number of nitrogens with zero attached hydrogens (tertiary/aromatic N) is 1. The third kappa shape index (κ3) is 3.34. The van der Waals surface area contributed by atoms with Crippen molar-refractivity contribution in [2.75, 3.05) is 6.54 Å². The Labute approximate surface area is 152 Å². The lowest BCUT2D eigenvalue weighted by Crippen LogP contribution is -2.47. The van der Waals surface area contributed by atoms with Crippen LogP contribution in [0.1, 0.15) is 35.6 Å². The van der Waals surface area contributed by atoms with Crippen molar-refractivity contribution in [3.8, 4) is 0 Å². The van der Waals surface area contributed by atoms with Crippen LogP contribution in [0.25, 0.3) is 0 Å². The Balaban J connectivity index is 1.57. The molecule has 5 heteroatoms. The number of hydrogen-bond donors (Lipinski definition) is 1. The minimum Gasteiger partial charge on any atom is -0.350 e. The fourth-order valence-electron chi connectivity index (χ4n) is 3.58. The number of halogens is 1. The van der Waals surface area contributed by atoms with Crippen LogP contribution in [0.3, 0.4) is 0 Å². The molecule has 0 bridgehead atoms. The van der Waals surface area contributed by atoms with Crippen LogP contribution in [0.4, 0.5) is 4.39 Å². The predicted molar refractivity (Wildman–Crippen MR) is 95.6 cm³/mol. The minimum absolute atomic E-state index is 0.0683. The van der Waals surface area contributed by atoms with Crippen LogP contribution in [0, 0.1) is 11.7 Å². The molecule has 1 aliphatic carbocycles. The second-order valence-electron chi connectivity index (χ2n) is 7.00. The van der Waals surface area contributed by atoms with Crippen molar-refractivity contribution >= 4 is 11.8 Å². The summed E-state index contributed by atoms with van der Waals surface area (Å²) < 4.78 is 13.3. The summed E-state index contributed by atoms with van der Waals surface area (Å²) in [5.74, 6) is -0.398. The highest BCUT2D eigenvalue weighted by Crippen LogP contribution is 2.37. The molecule has 1 saturated carbocycles. The summed E-state index contributed by atoms with van der Waals surface area (Å²) in [6.45, 7) is 0.797. The Bertz CT molecular complexity index is 847. The summed E-state index contributed by atoms with van der Waals surface area (Å²) in [7, 11) is 0. The van der Waals surface area contributed by atoms with Gasteiger partial charge >= 0.3 is 0 Å². The summed E-state index contributed by atoms with van der Waals surface area (Å²) in [5, 5.41) is 2.88. The van der Waals surface area contributed by atoms with Crippen molar-refractivity contribution in [2.45, 2.75) is 31.8 Å². The van der Waals surface area contributed by atoms with Crippen LogP contribution < -0.4 is 5.32 Å². The lowest BCUT2D eigenvalue weighted by molar-refractivity contribution is -0.142. The molecular weight excluding hydrogens is 331 g/mol. The zero-order valence-corrected chi connectivity index (χ0v) is 14.5. The Morgan fingerprint density at radius 3 is 2.69 bits per heavy atom. The molecule has 2 amide bonds. The van der Waals surface area contributed by atoms with E-state index in [0.717, 1.165) is 30.4 Å². The van der Waals surface area contributed by atoms with Crippen LogP contribution in [-0.2, 0) is 22.6 Å². The Morgan fingerprint density at radius 2 is 1.92 bits per heavy atom. The summed E-state index contributed by atoms with van der Waals surface area (Å²) in [4.78, 5) is 27.4. The summed E-state index contributed by atoms with van der Waals surface area (Å²) in [6.07, 6.45) is 2.59. The van der Waals surface area contributed by atoms with E-state index in [2.05, 4.69) is 5.32 Å². The van der Waals surface area contributed by atoms with Gasteiger partial charge in [-0.05, 0) is 48.1 Å². The normalized spacial score (nSPS) is 19.0. The number of carbonyl (C=O) groups is 2. The summed E-state index contributed by atoms with van der Waals surface area (Å²) in [5.41, 5.74) is 2.70. The van der Waals surface area contributed by atoms with Crippen LogP contribution in [0.2, 0.25) is 0 Å². The molecule has 0 aromatic heterocycles. The van der Waals surface area contributed by atoms with E-state index in [-0.39, 0.29) is 30.1 Å². The van der Waals surface area contributed by atoms with E-state index >= 15 is 0 Å². The van der Waals surface area contributed by atoms with Gasteiger partial charge in [0.1, 0.15) is 11.9 Å². The molecule has 2 aliphatic rings. The first-order valence-electron chi connectivity index (χ1n) is 9.04. The van der Waals surface area contributed by atoms with Crippen LogP contribution in [0.5, 0.6) is 0 Å². The van der Waals surface area contributed by atoms with E-state index in [0.29, 0.717) is 12.1 Å². The predicted octanol–water partition coefficient (Wildman–Crippen LogP) is 2.98. The third-order valence-corrected chi connectivity index (χ3v) is 5.10. The third-order valence-electron chi connectivity index (χ3n) is 5.10. The van der Waals surface area contributed by atoms with Crippen molar-refractivity contribution in [3.05, 3.63) is 71.0 Å². The molecule has 1 N–H and O–H groups in total. The number of nitrogens with one attached hydrogen (secondary N) is 1. The molecule has 2 aromatic rings. The van der Waals surface area contributed by atoms with Gasteiger partial charge < -0.3 is 10.2 Å². The maximum Gasteiger partial charge on any atom is 0.247 e. The highest BCUT2D eigenvalue weighted by atomic mass is 19.1. The molecule has 4 nitrogen and oxygen atoms in total. The standard InChI is InChI=1S/C21H21FN2O2/c22-17-6-3-4-14(12-17)13-23-20(25)19-18-7-2-1-5-15(18)10-11-24(19)21(26)16-8-9-16/h1-7,12,16,19H,8-11,13H2,(H,23,25)/t19-/m0/s1. The van der Waals surface area contributed by atoms with Crippen molar-refractivity contribution in [3.63, 3.8) is 0 Å². The maximum absolute atomic E-state index is 13.3. The van der Waals surface area contributed by atoms with E-state index in [9.17, 15) is 14.0 Å². The minimum atomic E-state index is -0.610. The Hall–Kier alpha value is -2.69. The van der Waals surface area contributed by atoms with Gasteiger partial charge in [-0.3, -0.25) is 9.59 Å². The van der Waals surface area contributed by atoms with Gasteiger partial charge in [-0.15, -0.1) is 0 Å². The van der Waals surface area contributed by atoms with Gasteiger partial charge in [0.15, 0.2) is 0 Å². The van der Waals surface area contributed by atoms with Crippen molar-refractivity contribution in [1.82, 2.24) is 10.2 Å².